The van der Waals surface area contributed by atoms with Crippen LogP contribution in [-0.2, 0) is 18.9 Å². The first kappa shape index (κ1) is 28.8. The molecular formula is C32H58O4. The van der Waals surface area contributed by atoms with Gasteiger partial charge in [-0.2, -0.15) is 0 Å². The maximum atomic E-state index is 7.05. The molecule has 4 unspecified atom stereocenters. The zero-order valence-electron chi connectivity index (χ0n) is 24.3. The van der Waals surface area contributed by atoms with Crippen molar-refractivity contribution in [1.29, 1.82) is 0 Å². The van der Waals surface area contributed by atoms with Gasteiger partial charge in [-0.05, 0) is 75.0 Å². The van der Waals surface area contributed by atoms with Crippen LogP contribution in [0, 0.1) is 28.1 Å². The van der Waals surface area contributed by atoms with Crippen LogP contribution in [0.3, 0.4) is 0 Å². The fourth-order valence-electron chi connectivity index (χ4n) is 7.40. The molecule has 2 heterocycles. The van der Waals surface area contributed by atoms with Gasteiger partial charge in [-0.25, -0.2) is 0 Å². The quantitative estimate of drug-likeness (QED) is 0.318. The molecule has 0 N–H and O–H groups in total. The Kier molecular flexibility index (Phi) is 10.6. The molecule has 2 saturated heterocycles. The largest absolute Gasteiger partial charge is 0.380 e. The standard InChI is InChI=1S/C32H58O4/c1-5-31(20-33-21-31)24-35-28-17-18-30(4,27-13-11-9-7-8-10-12-14-27)29(16-15-26(3)19-28)36-25-32(6-2)22-34-23-32/h26-29H,5-25H2,1-4H3. The monoisotopic (exact) mass is 506 g/mol. The van der Waals surface area contributed by atoms with Crippen LogP contribution in [0.2, 0.25) is 0 Å². The number of ether oxygens (including phenoxy) is 4. The van der Waals surface area contributed by atoms with E-state index in [2.05, 4.69) is 27.7 Å². The van der Waals surface area contributed by atoms with Crippen LogP contribution in [0.1, 0.15) is 124 Å². The Hall–Kier alpha value is -0.160. The van der Waals surface area contributed by atoms with E-state index in [4.69, 9.17) is 18.9 Å². The molecule has 4 atom stereocenters. The van der Waals surface area contributed by atoms with Crippen molar-refractivity contribution in [1.82, 2.24) is 0 Å². The second-order valence-electron chi connectivity index (χ2n) is 13.8. The molecule has 0 bridgehead atoms. The highest BCUT2D eigenvalue weighted by Gasteiger charge is 2.45. The van der Waals surface area contributed by atoms with E-state index in [1.165, 1.54) is 83.5 Å². The number of hydrogen-bond acceptors (Lipinski definition) is 4. The van der Waals surface area contributed by atoms with Crippen LogP contribution >= 0.6 is 0 Å². The molecular weight excluding hydrogens is 448 g/mol. The summed E-state index contributed by atoms with van der Waals surface area (Å²) in [6.45, 7) is 15.0. The molecule has 0 aromatic carbocycles. The highest BCUT2D eigenvalue weighted by Crippen LogP contribution is 2.48. The second kappa shape index (κ2) is 13.3. The normalized spacial score (nSPS) is 36.2. The van der Waals surface area contributed by atoms with Crippen molar-refractivity contribution >= 4 is 0 Å². The molecule has 0 spiro atoms. The van der Waals surface area contributed by atoms with Crippen molar-refractivity contribution in [2.45, 2.75) is 136 Å². The van der Waals surface area contributed by atoms with E-state index in [9.17, 15) is 0 Å². The van der Waals surface area contributed by atoms with Crippen molar-refractivity contribution in [3.05, 3.63) is 0 Å². The van der Waals surface area contributed by atoms with Gasteiger partial charge in [0.2, 0.25) is 0 Å². The third kappa shape index (κ3) is 7.07. The van der Waals surface area contributed by atoms with E-state index < -0.39 is 0 Å². The molecule has 0 radical (unpaired) electrons. The Morgan fingerprint density at radius 2 is 1.25 bits per heavy atom. The van der Waals surface area contributed by atoms with Crippen LogP contribution in [0.4, 0.5) is 0 Å². The molecule has 4 nitrogen and oxygen atoms in total. The van der Waals surface area contributed by atoms with E-state index >= 15 is 0 Å². The summed E-state index contributed by atoms with van der Waals surface area (Å²) in [7, 11) is 0. The molecule has 2 aliphatic carbocycles. The highest BCUT2D eigenvalue weighted by atomic mass is 16.5. The highest BCUT2D eigenvalue weighted by molar-refractivity contribution is 4.94. The summed E-state index contributed by atoms with van der Waals surface area (Å²) < 4.78 is 25.0. The second-order valence-corrected chi connectivity index (χ2v) is 13.8. The van der Waals surface area contributed by atoms with Crippen LogP contribution in [0.25, 0.3) is 0 Å². The van der Waals surface area contributed by atoms with Crippen LogP contribution in [0.5, 0.6) is 0 Å². The fourth-order valence-corrected chi connectivity index (χ4v) is 7.40. The van der Waals surface area contributed by atoms with Crippen molar-refractivity contribution in [2.24, 2.45) is 28.1 Å². The number of hydrogen-bond donors (Lipinski definition) is 0. The summed E-state index contributed by atoms with van der Waals surface area (Å²) in [6.07, 6.45) is 20.4. The zero-order chi connectivity index (χ0) is 25.5. The van der Waals surface area contributed by atoms with Gasteiger partial charge >= 0.3 is 0 Å². The minimum atomic E-state index is 0.234. The molecule has 4 fully saturated rings. The van der Waals surface area contributed by atoms with Gasteiger partial charge in [-0.3, -0.25) is 0 Å². The molecule has 4 heteroatoms. The molecule has 0 amide bonds. The van der Waals surface area contributed by atoms with E-state index in [1.54, 1.807) is 0 Å². The van der Waals surface area contributed by atoms with E-state index in [0.717, 1.165) is 58.4 Å². The average molecular weight is 507 g/mol. The van der Waals surface area contributed by atoms with E-state index in [1.807, 2.05) is 0 Å². The molecule has 0 aromatic heterocycles. The fraction of sp³-hybridized carbons (Fsp3) is 1.00. The Morgan fingerprint density at radius 3 is 1.78 bits per heavy atom. The van der Waals surface area contributed by atoms with Crippen LogP contribution < -0.4 is 0 Å². The van der Waals surface area contributed by atoms with E-state index in [0.29, 0.717) is 18.1 Å². The third-order valence-electron chi connectivity index (χ3n) is 11.0. The summed E-state index contributed by atoms with van der Waals surface area (Å²) in [5.41, 5.74) is 0.764. The Morgan fingerprint density at radius 1 is 0.694 bits per heavy atom. The van der Waals surface area contributed by atoms with E-state index in [-0.39, 0.29) is 16.2 Å². The van der Waals surface area contributed by atoms with Crippen molar-refractivity contribution in [3.63, 3.8) is 0 Å². The minimum Gasteiger partial charge on any atom is -0.380 e. The van der Waals surface area contributed by atoms with Gasteiger partial charge in [0.15, 0.2) is 0 Å². The van der Waals surface area contributed by atoms with Crippen molar-refractivity contribution < 1.29 is 18.9 Å². The van der Waals surface area contributed by atoms with Crippen LogP contribution in [-0.4, -0.2) is 51.8 Å². The lowest BCUT2D eigenvalue weighted by molar-refractivity contribution is -0.182. The molecule has 2 aliphatic heterocycles. The summed E-state index contributed by atoms with van der Waals surface area (Å²) in [6, 6.07) is 0. The van der Waals surface area contributed by atoms with Gasteiger partial charge in [-0.15, -0.1) is 0 Å². The Balaban J connectivity index is 1.50. The molecule has 2 saturated carbocycles. The number of rotatable bonds is 9. The smallest absolute Gasteiger partial charge is 0.0631 e. The topological polar surface area (TPSA) is 36.9 Å². The first-order valence-corrected chi connectivity index (χ1v) is 15.8. The first-order chi connectivity index (χ1) is 17.4. The lowest BCUT2D eigenvalue weighted by atomic mass is 9.65. The molecule has 0 aromatic rings. The van der Waals surface area contributed by atoms with Crippen molar-refractivity contribution in [3.8, 4) is 0 Å². The summed E-state index contributed by atoms with van der Waals surface area (Å²) in [5.74, 6) is 1.46. The SMILES string of the molecule is CCC1(COC2CCC(C)(C3CCCCCCCC3)C(OCC3(CC)COC3)CCC(C)C2)COC1. The Bertz CT molecular complexity index is 621. The zero-order valence-corrected chi connectivity index (χ0v) is 24.3. The van der Waals surface area contributed by atoms with Gasteiger partial charge in [0.25, 0.3) is 0 Å². The molecule has 210 valence electrons. The maximum Gasteiger partial charge on any atom is 0.0631 e. The molecule has 36 heavy (non-hydrogen) atoms. The first-order valence-electron chi connectivity index (χ1n) is 15.8. The summed E-state index contributed by atoms with van der Waals surface area (Å²) >= 11 is 0. The predicted molar refractivity (Wildman–Crippen MR) is 147 cm³/mol. The van der Waals surface area contributed by atoms with Gasteiger partial charge in [0.05, 0.1) is 51.8 Å². The Labute approximate surface area is 222 Å². The van der Waals surface area contributed by atoms with Gasteiger partial charge in [0, 0.05) is 10.8 Å². The lowest BCUT2D eigenvalue weighted by Gasteiger charge is -2.47. The van der Waals surface area contributed by atoms with Crippen LogP contribution in [0.15, 0.2) is 0 Å². The predicted octanol–water partition coefficient (Wildman–Crippen LogP) is 7.97. The molecule has 4 aliphatic rings. The van der Waals surface area contributed by atoms with Gasteiger partial charge in [0.1, 0.15) is 0 Å². The maximum absolute atomic E-state index is 7.05. The lowest BCUT2D eigenvalue weighted by Crippen LogP contribution is -2.49. The molecule has 4 rings (SSSR count). The average Bonchev–Trinajstić information content (AvgIpc) is 3.00. The van der Waals surface area contributed by atoms with Gasteiger partial charge in [-0.1, -0.05) is 66.2 Å². The third-order valence-corrected chi connectivity index (χ3v) is 11.0. The minimum absolute atomic E-state index is 0.234. The van der Waals surface area contributed by atoms with Crippen molar-refractivity contribution in [2.75, 3.05) is 39.6 Å². The van der Waals surface area contributed by atoms with Gasteiger partial charge < -0.3 is 18.9 Å². The summed E-state index contributed by atoms with van der Waals surface area (Å²) in [4.78, 5) is 0. The summed E-state index contributed by atoms with van der Waals surface area (Å²) in [5, 5.41) is 0.